The van der Waals surface area contributed by atoms with Crippen LogP contribution in [0, 0.1) is 12.8 Å². The summed E-state index contributed by atoms with van der Waals surface area (Å²) in [6.07, 6.45) is 7.80. The first-order chi connectivity index (χ1) is 3.39. The first kappa shape index (κ1) is 4.89. The van der Waals surface area contributed by atoms with E-state index in [-0.39, 0.29) is 0 Å². The monoisotopic (exact) mass is 94.1 g/mol. The molecule has 2 radical (unpaired) electrons. The molecule has 0 saturated carbocycles. The van der Waals surface area contributed by atoms with Crippen molar-refractivity contribution < 1.29 is 0 Å². The third kappa shape index (κ3) is 1.34. The summed E-state index contributed by atoms with van der Waals surface area (Å²) in [6, 6.07) is 0. The third-order valence-electron chi connectivity index (χ3n) is 1.31. The van der Waals surface area contributed by atoms with Gasteiger partial charge in [0.05, 0.1) is 0 Å². The molecule has 38 valence electrons. The van der Waals surface area contributed by atoms with Gasteiger partial charge in [-0.15, -0.1) is 0 Å². The van der Waals surface area contributed by atoms with Gasteiger partial charge in [-0.25, -0.2) is 0 Å². The Hall–Kier alpha value is -0.260. The molecule has 0 spiro atoms. The van der Waals surface area contributed by atoms with E-state index in [1.54, 1.807) is 0 Å². The fraction of sp³-hybridized carbons (Fsp3) is 0.571. The fourth-order valence-electron chi connectivity index (χ4n) is 0.817. The van der Waals surface area contributed by atoms with Gasteiger partial charge in [-0.2, -0.15) is 0 Å². The molecule has 0 fully saturated rings. The van der Waals surface area contributed by atoms with E-state index in [9.17, 15) is 0 Å². The van der Waals surface area contributed by atoms with Gasteiger partial charge in [0.25, 0.3) is 0 Å². The molecular formula is C7H10. The van der Waals surface area contributed by atoms with Crippen molar-refractivity contribution in [2.24, 2.45) is 5.92 Å². The number of hydrogen-bond acceptors (Lipinski definition) is 0. The van der Waals surface area contributed by atoms with Crippen LogP contribution in [0.25, 0.3) is 0 Å². The van der Waals surface area contributed by atoms with Crippen molar-refractivity contribution in [1.82, 2.24) is 0 Å². The van der Waals surface area contributed by atoms with E-state index >= 15 is 0 Å². The number of allylic oxidation sites excluding steroid dienone is 2. The minimum Gasteiger partial charge on any atom is -0.0885 e. The highest BCUT2D eigenvalue weighted by Gasteiger charge is 2.00. The molecule has 1 atom stereocenters. The molecule has 0 amide bonds. The Bertz CT molecular complexity index is 72.1. The molecule has 0 aromatic carbocycles. The van der Waals surface area contributed by atoms with Gasteiger partial charge < -0.3 is 0 Å². The van der Waals surface area contributed by atoms with Crippen molar-refractivity contribution in [2.45, 2.75) is 19.3 Å². The van der Waals surface area contributed by atoms with E-state index in [1.165, 1.54) is 12.8 Å². The van der Waals surface area contributed by atoms with Crippen LogP contribution in [-0.4, -0.2) is 0 Å². The van der Waals surface area contributed by atoms with Crippen molar-refractivity contribution in [2.75, 3.05) is 0 Å². The normalized spacial score (nSPS) is 30.7. The largest absolute Gasteiger partial charge is 0.0885 e. The van der Waals surface area contributed by atoms with E-state index in [0.717, 1.165) is 6.42 Å². The zero-order valence-electron chi connectivity index (χ0n) is 4.43. The first-order valence-corrected chi connectivity index (χ1v) is 2.80. The van der Waals surface area contributed by atoms with Crippen LogP contribution < -0.4 is 0 Å². The Balaban J connectivity index is 2.32. The minimum absolute atomic E-state index is 0.449. The summed E-state index contributed by atoms with van der Waals surface area (Å²) >= 11 is 0. The SMILES string of the molecule is [CH]C1CC=CCC1. The van der Waals surface area contributed by atoms with Crippen molar-refractivity contribution in [3.05, 3.63) is 19.1 Å². The maximum Gasteiger partial charge on any atom is -0.0315 e. The molecular weight excluding hydrogens is 84.1 g/mol. The smallest absolute Gasteiger partial charge is 0.0315 e. The molecule has 0 heterocycles. The summed E-state index contributed by atoms with van der Waals surface area (Å²) in [7, 11) is 0. The predicted molar refractivity (Wildman–Crippen MR) is 30.8 cm³/mol. The molecule has 0 aromatic rings. The van der Waals surface area contributed by atoms with Crippen molar-refractivity contribution in [3.63, 3.8) is 0 Å². The number of rotatable bonds is 0. The number of hydrogen-bond donors (Lipinski definition) is 0. The van der Waals surface area contributed by atoms with Crippen LogP contribution >= 0.6 is 0 Å². The van der Waals surface area contributed by atoms with E-state index in [0.29, 0.717) is 5.92 Å². The summed E-state index contributed by atoms with van der Waals surface area (Å²) < 4.78 is 0. The lowest BCUT2D eigenvalue weighted by Gasteiger charge is -2.09. The maximum absolute atomic E-state index is 5.58. The van der Waals surface area contributed by atoms with Gasteiger partial charge in [0.2, 0.25) is 0 Å². The second-order valence-corrected chi connectivity index (χ2v) is 2.04. The lowest BCUT2D eigenvalue weighted by molar-refractivity contribution is 0.580. The summed E-state index contributed by atoms with van der Waals surface area (Å²) in [5.41, 5.74) is 0. The summed E-state index contributed by atoms with van der Waals surface area (Å²) in [5.74, 6) is 0.449. The van der Waals surface area contributed by atoms with E-state index in [1.807, 2.05) is 0 Å². The Morgan fingerprint density at radius 1 is 1.43 bits per heavy atom. The summed E-state index contributed by atoms with van der Waals surface area (Å²) in [4.78, 5) is 0. The summed E-state index contributed by atoms with van der Waals surface area (Å²) in [5, 5.41) is 0. The quantitative estimate of drug-likeness (QED) is 0.403. The Kier molecular flexibility index (Phi) is 1.50. The van der Waals surface area contributed by atoms with Crippen LogP contribution in [0.5, 0.6) is 0 Å². The van der Waals surface area contributed by atoms with Crippen LogP contribution in [-0.2, 0) is 0 Å². The Labute approximate surface area is 45.2 Å². The molecule has 0 saturated heterocycles. The average Bonchev–Trinajstić information content (AvgIpc) is 1.69. The molecule has 1 unspecified atom stereocenters. The lowest BCUT2D eigenvalue weighted by atomic mass is 9.97. The molecule has 0 aliphatic heterocycles. The molecule has 1 rings (SSSR count). The molecule has 7 heavy (non-hydrogen) atoms. The fourth-order valence-corrected chi connectivity index (χ4v) is 0.817. The molecule has 0 bridgehead atoms. The van der Waals surface area contributed by atoms with Crippen LogP contribution in [0.4, 0.5) is 0 Å². The summed E-state index contributed by atoms with van der Waals surface area (Å²) in [6.45, 7) is 5.58. The first-order valence-electron chi connectivity index (χ1n) is 2.80. The van der Waals surface area contributed by atoms with Crippen molar-refractivity contribution in [3.8, 4) is 0 Å². The maximum atomic E-state index is 5.58. The minimum atomic E-state index is 0.449. The lowest BCUT2D eigenvalue weighted by Crippen LogP contribution is -1.95. The van der Waals surface area contributed by atoms with E-state index in [2.05, 4.69) is 12.2 Å². The highest BCUT2D eigenvalue weighted by atomic mass is 14.1. The highest BCUT2D eigenvalue weighted by Crippen LogP contribution is 2.15. The van der Waals surface area contributed by atoms with E-state index in [4.69, 9.17) is 6.92 Å². The third-order valence-corrected chi connectivity index (χ3v) is 1.31. The molecule has 0 nitrogen and oxygen atoms in total. The second-order valence-electron chi connectivity index (χ2n) is 2.04. The van der Waals surface area contributed by atoms with Crippen LogP contribution in [0.1, 0.15) is 19.3 Å². The van der Waals surface area contributed by atoms with Gasteiger partial charge in [-0.05, 0) is 32.1 Å². The van der Waals surface area contributed by atoms with Gasteiger partial charge in [0, 0.05) is 0 Å². The van der Waals surface area contributed by atoms with Crippen LogP contribution in [0.15, 0.2) is 12.2 Å². The zero-order chi connectivity index (χ0) is 5.11. The van der Waals surface area contributed by atoms with Gasteiger partial charge >= 0.3 is 0 Å². The van der Waals surface area contributed by atoms with Crippen LogP contribution in [0.3, 0.4) is 0 Å². The Morgan fingerprint density at radius 2 is 2.29 bits per heavy atom. The predicted octanol–water partition coefficient (Wildman–Crippen LogP) is 2.05. The van der Waals surface area contributed by atoms with Gasteiger partial charge in [-0.3, -0.25) is 0 Å². The van der Waals surface area contributed by atoms with E-state index < -0.39 is 0 Å². The topological polar surface area (TPSA) is 0 Å². The van der Waals surface area contributed by atoms with Gasteiger partial charge in [-0.1, -0.05) is 12.2 Å². The molecule has 0 heteroatoms. The molecule has 1 aliphatic carbocycles. The molecule has 0 N–H and O–H groups in total. The molecule has 0 aromatic heterocycles. The average molecular weight is 94.2 g/mol. The molecule has 1 aliphatic rings. The van der Waals surface area contributed by atoms with Gasteiger partial charge in [0.15, 0.2) is 0 Å². The zero-order valence-corrected chi connectivity index (χ0v) is 4.43. The second kappa shape index (κ2) is 2.15. The standard InChI is InChI=1S/C7H10/c1-7-5-3-2-4-6-7/h1-3,7H,4-6H2. The van der Waals surface area contributed by atoms with Crippen molar-refractivity contribution in [1.29, 1.82) is 0 Å². The van der Waals surface area contributed by atoms with Crippen LogP contribution in [0.2, 0.25) is 0 Å². The highest BCUT2D eigenvalue weighted by molar-refractivity contribution is 4.90. The van der Waals surface area contributed by atoms with Crippen molar-refractivity contribution >= 4 is 0 Å². The Morgan fingerprint density at radius 3 is 2.57 bits per heavy atom. The van der Waals surface area contributed by atoms with Gasteiger partial charge in [0.1, 0.15) is 0 Å².